The van der Waals surface area contributed by atoms with Gasteiger partial charge in [-0.15, -0.1) is 0 Å². The van der Waals surface area contributed by atoms with Crippen molar-refractivity contribution in [2.24, 2.45) is 17.8 Å². The van der Waals surface area contributed by atoms with Gasteiger partial charge in [-0.2, -0.15) is 0 Å². The molecule has 1 aromatic heterocycles. The number of hydrogen-bond donors (Lipinski definition) is 0. The Morgan fingerprint density at radius 3 is 2.80 bits per heavy atom. The molecule has 3 nitrogen and oxygen atoms in total. The molecule has 1 fully saturated rings. The van der Waals surface area contributed by atoms with E-state index in [4.69, 9.17) is 4.74 Å². The summed E-state index contributed by atoms with van der Waals surface area (Å²) >= 11 is 0. The second-order valence-electron chi connectivity index (χ2n) is 6.16. The smallest absolute Gasteiger partial charge is 0.340 e. The van der Waals surface area contributed by atoms with E-state index in [0.29, 0.717) is 17.8 Å². The van der Waals surface area contributed by atoms with E-state index in [2.05, 4.69) is 25.8 Å². The molecule has 0 unspecified atom stereocenters. The van der Waals surface area contributed by atoms with E-state index in [9.17, 15) is 9.18 Å². The first-order chi connectivity index (χ1) is 9.47. The molecule has 1 aliphatic rings. The molecular weight excluding hydrogens is 257 g/mol. The van der Waals surface area contributed by atoms with Gasteiger partial charge in [-0.25, -0.2) is 9.18 Å². The van der Waals surface area contributed by atoms with Crippen molar-refractivity contribution >= 4 is 5.97 Å². The molecule has 20 heavy (non-hydrogen) atoms. The average Bonchev–Trinajstić information content (AvgIpc) is 2.38. The van der Waals surface area contributed by atoms with Crippen molar-refractivity contribution in [3.8, 4) is 0 Å². The number of ether oxygens (including phenoxy) is 1. The van der Waals surface area contributed by atoms with Crippen molar-refractivity contribution in [2.45, 2.75) is 46.1 Å². The number of halogens is 1. The Balaban J connectivity index is 2.08. The molecule has 0 aromatic carbocycles. The molecule has 1 aromatic rings. The molecule has 4 heteroatoms. The molecule has 1 saturated carbocycles. The quantitative estimate of drug-likeness (QED) is 0.789. The van der Waals surface area contributed by atoms with Crippen molar-refractivity contribution in [1.29, 1.82) is 0 Å². The van der Waals surface area contributed by atoms with Crippen molar-refractivity contribution < 1.29 is 13.9 Å². The first-order valence-electron chi connectivity index (χ1n) is 7.29. The fourth-order valence-corrected chi connectivity index (χ4v) is 2.98. The van der Waals surface area contributed by atoms with Crippen LogP contribution in [0.5, 0.6) is 0 Å². The van der Waals surface area contributed by atoms with Gasteiger partial charge in [0.2, 0.25) is 0 Å². The van der Waals surface area contributed by atoms with Gasteiger partial charge in [-0.05, 0) is 36.7 Å². The number of pyridine rings is 1. The molecule has 0 aliphatic heterocycles. The van der Waals surface area contributed by atoms with Crippen LogP contribution in [0.15, 0.2) is 18.5 Å². The standard InChI is InChI=1S/C16H22FNO2/c1-10(2)14-5-4-11(3)6-15(14)20-16(19)12-7-13(17)9-18-8-12/h7-11,14-15H,4-6H2,1-3H3/t11-,14+,15-/m0/s1. The van der Waals surface area contributed by atoms with Gasteiger partial charge < -0.3 is 4.74 Å². The van der Waals surface area contributed by atoms with E-state index in [-0.39, 0.29) is 11.7 Å². The largest absolute Gasteiger partial charge is 0.458 e. The summed E-state index contributed by atoms with van der Waals surface area (Å²) in [5.74, 6) is 0.439. The minimum atomic E-state index is -0.517. The molecule has 0 amide bonds. The lowest BCUT2D eigenvalue weighted by Gasteiger charge is -2.36. The molecule has 2 rings (SSSR count). The predicted molar refractivity (Wildman–Crippen MR) is 74.7 cm³/mol. The Bertz CT molecular complexity index is 475. The van der Waals surface area contributed by atoms with Crippen molar-refractivity contribution in [1.82, 2.24) is 4.98 Å². The molecule has 3 atom stereocenters. The molecule has 0 spiro atoms. The topological polar surface area (TPSA) is 39.2 Å². The molecule has 0 radical (unpaired) electrons. The second kappa shape index (κ2) is 6.33. The average molecular weight is 279 g/mol. The van der Waals surface area contributed by atoms with Gasteiger partial charge in [-0.1, -0.05) is 27.2 Å². The SMILES string of the molecule is CC(C)[C@H]1CC[C@H](C)C[C@@H]1OC(=O)c1cncc(F)c1. The summed E-state index contributed by atoms with van der Waals surface area (Å²) in [6, 6.07) is 1.17. The summed E-state index contributed by atoms with van der Waals surface area (Å²) in [7, 11) is 0. The Labute approximate surface area is 119 Å². The first kappa shape index (κ1) is 14.9. The lowest BCUT2D eigenvalue weighted by molar-refractivity contribution is -0.0174. The van der Waals surface area contributed by atoms with E-state index in [1.165, 1.54) is 18.7 Å². The number of carbonyl (C=O) groups is 1. The highest BCUT2D eigenvalue weighted by atomic mass is 19.1. The van der Waals surface area contributed by atoms with Gasteiger partial charge in [0.05, 0.1) is 11.8 Å². The van der Waals surface area contributed by atoms with Crippen LogP contribution in [0.1, 0.15) is 50.4 Å². The Morgan fingerprint density at radius 1 is 1.40 bits per heavy atom. The maximum Gasteiger partial charge on any atom is 0.340 e. The van der Waals surface area contributed by atoms with E-state index in [0.717, 1.165) is 19.0 Å². The maximum atomic E-state index is 13.1. The van der Waals surface area contributed by atoms with Gasteiger partial charge >= 0.3 is 5.97 Å². The number of aromatic nitrogens is 1. The minimum absolute atomic E-state index is 0.0745. The highest BCUT2D eigenvalue weighted by molar-refractivity contribution is 5.89. The van der Waals surface area contributed by atoms with Gasteiger partial charge in [-0.3, -0.25) is 4.98 Å². The fraction of sp³-hybridized carbons (Fsp3) is 0.625. The van der Waals surface area contributed by atoms with Gasteiger partial charge in [0.1, 0.15) is 11.9 Å². The summed E-state index contributed by atoms with van der Waals surface area (Å²) in [4.78, 5) is 15.8. The highest BCUT2D eigenvalue weighted by Gasteiger charge is 2.33. The summed E-state index contributed by atoms with van der Waals surface area (Å²) < 4.78 is 18.7. The molecule has 0 bridgehead atoms. The van der Waals surface area contributed by atoms with Crippen LogP contribution in [0.4, 0.5) is 4.39 Å². The molecule has 0 saturated heterocycles. The van der Waals surface area contributed by atoms with Crippen LogP contribution in [0.2, 0.25) is 0 Å². The van der Waals surface area contributed by atoms with Crippen LogP contribution in [0.3, 0.4) is 0 Å². The number of esters is 1. The minimum Gasteiger partial charge on any atom is -0.458 e. The third kappa shape index (κ3) is 3.56. The molecule has 110 valence electrons. The summed E-state index contributed by atoms with van der Waals surface area (Å²) in [6.45, 7) is 6.50. The van der Waals surface area contributed by atoms with Crippen molar-refractivity contribution in [2.75, 3.05) is 0 Å². The van der Waals surface area contributed by atoms with E-state index >= 15 is 0 Å². The van der Waals surface area contributed by atoms with E-state index < -0.39 is 11.8 Å². The zero-order chi connectivity index (χ0) is 14.7. The van der Waals surface area contributed by atoms with Gasteiger partial charge in [0, 0.05) is 6.20 Å². The molecule has 1 aliphatic carbocycles. The van der Waals surface area contributed by atoms with Crippen molar-refractivity contribution in [3.63, 3.8) is 0 Å². The third-order valence-corrected chi connectivity index (χ3v) is 4.16. The monoisotopic (exact) mass is 279 g/mol. The van der Waals surface area contributed by atoms with Gasteiger partial charge in [0.25, 0.3) is 0 Å². The molecule has 1 heterocycles. The summed E-state index contributed by atoms with van der Waals surface area (Å²) in [5, 5.41) is 0. The Morgan fingerprint density at radius 2 is 2.15 bits per heavy atom. The van der Waals surface area contributed by atoms with Crippen LogP contribution in [-0.4, -0.2) is 17.1 Å². The van der Waals surface area contributed by atoms with Crippen LogP contribution >= 0.6 is 0 Å². The van der Waals surface area contributed by atoms with Crippen LogP contribution in [-0.2, 0) is 4.74 Å². The lowest BCUT2D eigenvalue weighted by atomic mass is 9.75. The zero-order valence-electron chi connectivity index (χ0n) is 12.3. The van der Waals surface area contributed by atoms with E-state index in [1.807, 2.05) is 0 Å². The van der Waals surface area contributed by atoms with Crippen LogP contribution in [0, 0.1) is 23.6 Å². The van der Waals surface area contributed by atoms with Gasteiger partial charge in [0.15, 0.2) is 0 Å². The summed E-state index contributed by atoms with van der Waals surface area (Å²) in [5.41, 5.74) is 0.186. The normalized spacial score (nSPS) is 26.6. The number of nitrogens with zero attached hydrogens (tertiary/aromatic N) is 1. The number of hydrogen-bond acceptors (Lipinski definition) is 3. The fourth-order valence-electron chi connectivity index (χ4n) is 2.98. The number of carbonyl (C=O) groups excluding carboxylic acids is 1. The highest BCUT2D eigenvalue weighted by Crippen LogP contribution is 2.35. The molecule has 0 N–H and O–H groups in total. The summed E-state index contributed by atoms with van der Waals surface area (Å²) in [6.07, 6.45) is 5.50. The van der Waals surface area contributed by atoms with Crippen molar-refractivity contribution in [3.05, 3.63) is 29.8 Å². The Kier molecular flexibility index (Phi) is 4.73. The molecular formula is C16H22FNO2. The first-order valence-corrected chi connectivity index (χ1v) is 7.29. The van der Waals surface area contributed by atoms with E-state index in [1.54, 1.807) is 0 Å². The number of rotatable bonds is 3. The Hall–Kier alpha value is -1.45. The third-order valence-electron chi connectivity index (χ3n) is 4.16. The predicted octanol–water partition coefficient (Wildman–Crippen LogP) is 3.84. The zero-order valence-corrected chi connectivity index (χ0v) is 12.3. The van der Waals surface area contributed by atoms with Crippen LogP contribution in [0.25, 0.3) is 0 Å². The lowest BCUT2D eigenvalue weighted by Crippen LogP contribution is -2.35. The second-order valence-corrected chi connectivity index (χ2v) is 6.16. The maximum absolute atomic E-state index is 13.1. The van der Waals surface area contributed by atoms with Crippen LogP contribution < -0.4 is 0 Å².